The van der Waals surface area contributed by atoms with Crippen molar-refractivity contribution in [3.63, 3.8) is 0 Å². The van der Waals surface area contributed by atoms with E-state index >= 15 is 0 Å². The van der Waals surface area contributed by atoms with Gasteiger partial charge in [0.2, 0.25) is 0 Å². The highest BCUT2D eigenvalue weighted by Gasteiger charge is 2.35. The quantitative estimate of drug-likeness (QED) is 0.197. The summed E-state index contributed by atoms with van der Waals surface area (Å²) in [6.45, 7) is 1.74. The number of para-hydroxylation sites is 1. The van der Waals surface area contributed by atoms with Gasteiger partial charge in [-0.15, -0.1) is 0 Å². The van der Waals surface area contributed by atoms with Crippen LogP contribution in [-0.2, 0) is 9.59 Å². The van der Waals surface area contributed by atoms with Crippen molar-refractivity contribution in [1.82, 2.24) is 5.32 Å². The lowest BCUT2D eigenvalue weighted by atomic mass is 10.1. The van der Waals surface area contributed by atoms with E-state index in [2.05, 4.69) is 5.32 Å². The molecule has 1 aliphatic rings. The van der Waals surface area contributed by atoms with E-state index in [9.17, 15) is 19.7 Å². The number of benzene rings is 2. The molecule has 3 aromatic rings. The molecule has 0 radical (unpaired) electrons. The first kappa shape index (κ1) is 21.4. The van der Waals surface area contributed by atoms with Gasteiger partial charge in [0.1, 0.15) is 17.1 Å². The lowest BCUT2D eigenvalue weighted by molar-refractivity contribution is -0.384. The minimum absolute atomic E-state index is 0.0671. The minimum Gasteiger partial charge on any atom is -0.456 e. The number of nitrogens with one attached hydrogen (secondary N) is 1. The van der Waals surface area contributed by atoms with Crippen molar-refractivity contribution in [2.75, 3.05) is 4.90 Å². The number of halogens is 1. The number of carbonyl (C=O) groups excluding carboxylic acids is 2. The second kappa shape index (κ2) is 8.37. The van der Waals surface area contributed by atoms with Crippen LogP contribution in [0, 0.1) is 17.0 Å². The summed E-state index contributed by atoms with van der Waals surface area (Å²) in [6, 6.07) is 14.2. The minimum atomic E-state index is -0.681. The summed E-state index contributed by atoms with van der Waals surface area (Å²) in [4.78, 5) is 37.6. The zero-order valence-electron chi connectivity index (χ0n) is 16.5. The van der Waals surface area contributed by atoms with E-state index in [0.717, 1.165) is 0 Å². The molecule has 0 bridgehead atoms. The summed E-state index contributed by atoms with van der Waals surface area (Å²) in [5.41, 5.74) is 1.01. The molecule has 2 aromatic carbocycles. The van der Waals surface area contributed by atoms with E-state index in [-0.39, 0.29) is 33.5 Å². The van der Waals surface area contributed by atoms with Crippen molar-refractivity contribution in [1.29, 1.82) is 0 Å². The van der Waals surface area contributed by atoms with Gasteiger partial charge in [-0.05, 0) is 61.1 Å². The Balaban J connectivity index is 1.72. The van der Waals surface area contributed by atoms with Crippen LogP contribution < -0.4 is 10.2 Å². The van der Waals surface area contributed by atoms with Gasteiger partial charge in [0.05, 0.1) is 16.2 Å². The summed E-state index contributed by atoms with van der Waals surface area (Å²) in [5, 5.41) is 14.2. The molecule has 2 heterocycles. The van der Waals surface area contributed by atoms with Crippen molar-refractivity contribution in [3.8, 4) is 11.3 Å². The van der Waals surface area contributed by atoms with Crippen LogP contribution >= 0.6 is 23.8 Å². The number of amides is 2. The highest BCUT2D eigenvalue weighted by atomic mass is 35.5. The van der Waals surface area contributed by atoms with Crippen molar-refractivity contribution in [2.24, 2.45) is 0 Å². The number of nitro benzene ring substituents is 1. The van der Waals surface area contributed by atoms with Gasteiger partial charge in [-0.1, -0.05) is 29.8 Å². The largest absolute Gasteiger partial charge is 0.456 e. The van der Waals surface area contributed by atoms with Crippen LogP contribution in [0.25, 0.3) is 17.4 Å². The van der Waals surface area contributed by atoms with E-state index in [0.29, 0.717) is 16.3 Å². The maximum absolute atomic E-state index is 13.2. The Morgan fingerprint density at radius 3 is 2.62 bits per heavy atom. The second-order valence-corrected chi connectivity index (χ2v) is 7.61. The second-order valence-electron chi connectivity index (χ2n) is 6.82. The van der Waals surface area contributed by atoms with Gasteiger partial charge in [-0.25, -0.2) is 0 Å². The van der Waals surface area contributed by atoms with E-state index in [1.807, 2.05) is 0 Å². The average Bonchev–Trinajstić information content (AvgIpc) is 3.22. The zero-order valence-corrected chi connectivity index (χ0v) is 18.1. The van der Waals surface area contributed by atoms with E-state index in [1.54, 1.807) is 43.3 Å². The standard InChI is InChI=1S/C22H14ClN3O5S/c1-12-16(23)6-4-8-17(12)25-21(28)15(20(27)24-22(25)32)11-13-9-10-19(31-13)14-5-2-3-7-18(14)26(29)30/h2-11H,1H3,(H,24,27,32)/b15-11-. The number of thiocarbonyl (C=S) groups is 1. The third-order valence-corrected chi connectivity index (χ3v) is 5.56. The molecule has 1 aromatic heterocycles. The number of furan rings is 1. The molecule has 2 amide bonds. The van der Waals surface area contributed by atoms with Crippen LogP contribution in [-0.4, -0.2) is 21.9 Å². The number of nitrogens with zero attached hydrogens (tertiary/aromatic N) is 2. The molecule has 0 saturated carbocycles. The molecule has 0 atom stereocenters. The van der Waals surface area contributed by atoms with Crippen LogP contribution in [0.3, 0.4) is 0 Å². The maximum Gasteiger partial charge on any atom is 0.280 e. The van der Waals surface area contributed by atoms with Gasteiger partial charge in [0.25, 0.3) is 17.5 Å². The first-order valence-corrected chi connectivity index (χ1v) is 10.1. The first-order chi connectivity index (χ1) is 15.3. The molecular formula is C22H14ClN3O5S. The molecular weight excluding hydrogens is 454 g/mol. The lowest BCUT2D eigenvalue weighted by Crippen LogP contribution is -2.54. The molecule has 1 N–H and O–H groups in total. The van der Waals surface area contributed by atoms with Crippen LogP contribution in [0.2, 0.25) is 5.02 Å². The SMILES string of the molecule is Cc1c(Cl)cccc1N1C(=O)/C(=C\c2ccc(-c3ccccc3[N+](=O)[O-])o2)C(=O)NC1=S. The summed E-state index contributed by atoms with van der Waals surface area (Å²) >= 11 is 11.4. The Morgan fingerprint density at radius 1 is 1.12 bits per heavy atom. The fourth-order valence-electron chi connectivity index (χ4n) is 3.27. The van der Waals surface area contributed by atoms with Crippen molar-refractivity contribution in [2.45, 2.75) is 6.92 Å². The molecule has 0 aliphatic carbocycles. The van der Waals surface area contributed by atoms with E-state index in [4.69, 9.17) is 28.2 Å². The normalized spacial score (nSPS) is 15.2. The van der Waals surface area contributed by atoms with Gasteiger partial charge < -0.3 is 4.42 Å². The molecule has 8 nitrogen and oxygen atoms in total. The Labute approximate surface area is 192 Å². The van der Waals surface area contributed by atoms with Crippen molar-refractivity contribution < 1.29 is 18.9 Å². The van der Waals surface area contributed by atoms with Crippen LogP contribution in [0.15, 0.2) is 64.6 Å². The predicted octanol–water partition coefficient (Wildman–Crippen LogP) is 4.65. The van der Waals surface area contributed by atoms with Crippen LogP contribution in [0.4, 0.5) is 11.4 Å². The number of hydrogen-bond acceptors (Lipinski definition) is 6. The van der Waals surface area contributed by atoms with Crippen molar-refractivity contribution >= 4 is 58.2 Å². The Bertz CT molecular complexity index is 1330. The molecule has 1 fully saturated rings. The van der Waals surface area contributed by atoms with Crippen LogP contribution in [0.5, 0.6) is 0 Å². The fraction of sp³-hybridized carbons (Fsp3) is 0.0455. The molecule has 0 spiro atoms. The van der Waals surface area contributed by atoms with E-state index in [1.165, 1.54) is 29.2 Å². The van der Waals surface area contributed by atoms with Gasteiger partial charge in [0.15, 0.2) is 5.11 Å². The Hall–Kier alpha value is -3.82. The van der Waals surface area contributed by atoms with Gasteiger partial charge in [-0.2, -0.15) is 0 Å². The third-order valence-electron chi connectivity index (χ3n) is 4.86. The molecule has 160 valence electrons. The average molecular weight is 468 g/mol. The highest BCUT2D eigenvalue weighted by molar-refractivity contribution is 7.80. The smallest absolute Gasteiger partial charge is 0.280 e. The topological polar surface area (TPSA) is 106 Å². The number of carbonyl (C=O) groups is 2. The van der Waals surface area contributed by atoms with E-state index < -0.39 is 16.7 Å². The molecule has 1 aliphatic heterocycles. The third kappa shape index (κ3) is 3.79. The fourth-order valence-corrected chi connectivity index (χ4v) is 3.72. The summed E-state index contributed by atoms with van der Waals surface area (Å²) in [5.74, 6) is -0.926. The lowest BCUT2D eigenvalue weighted by Gasteiger charge is -2.30. The van der Waals surface area contributed by atoms with Crippen molar-refractivity contribution in [3.05, 3.63) is 86.6 Å². The maximum atomic E-state index is 13.2. The number of anilines is 1. The predicted molar refractivity (Wildman–Crippen MR) is 123 cm³/mol. The number of nitro groups is 1. The first-order valence-electron chi connectivity index (χ1n) is 9.28. The summed E-state index contributed by atoms with van der Waals surface area (Å²) in [6.07, 6.45) is 1.27. The number of rotatable bonds is 4. The highest BCUT2D eigenvalue weighted by Crippen LogP contribution is 2.33. The Kier molecular flexibility index (Phi) is 5.60. The van der Waals surface area contributed by atoms with Gasteiger partial charge >= 0.3 is 0 Å². The Morgan fingerprint density at radius 2 is 1.88 bits per heavy atom. The summed E-state index contributed by atoms with van der Waals surface area (Å²) in [7, 11) is 0. The van der Waals surface area contributed by atoms with Gasteiger partial charge in [0, 0.05) is 11.1 Å². The zero-order chi connectivity index (χ0) is 23.0. The molecule has 4 rings (SSSR count). The monoisotopic (exact) mass is 467 g/mol. The molecule has 0 unspecified atom stereocenters. The van der Waals surface area contributed by atoms with Gasteiger partial charge in [-0.3, -0.25) is 29.9 Å². The summed E-state index contributed by atoms with van der Waals surface area (Å²) < 4.78 is 5.69. The molecule has 1 saturated heterocycles. The molecule has 10 heteroatoms. The molecule has 32 heavy (non-hydrogen) atoms. The van der Waals surface area contributed by atoms with Crippen LogP contribution in [0.1, 0.15) is 11.3 Å². The number of hydrogen-bond donors (Lipinski definition) is 1.